The summed E-state index contributed by atoms with van der Waals surface area (Å²) in [5, 5.41) is 0. The Kier molecular flexibility index (Phi) is 5.08. The third-order valence-electron chi connectivity index (χ3n) is 3.00. The van der Waals surface area contributed by atoms with Crippen LogP contribution < -0.4 is 10.5 Å². The van der Waals surface area contributed by atoms with Crippen LogP contribution in [0.25, 0.3) is 0 Å². The molecule has 0 aliphatic heterocycles. The molecule has 21 heavy (non-hydrogen) atoms. The molecular formula is C14H17BrN2O2S2. The predicted octanol–water partition coefficient (Wildman–Crippen LogP) is 3.89. The Labute approximate surface area is 137 Å². The molecule has 1 aromatic heterocycles. The van der Waals surface area contributed by atoms with Crippen molar-refractivity contribution in [1.29, 1.82) is 0 Å². The third kappa shape index (κ3) is 3.85. The molecule has 7 heteroatoms. The van der Waals surface area contributed by atoms with Crippen LogP contribution in [-0.4, -0.2) is 8.42 Å². The molecule has 2 rings (SSSR count). The SMILES string of the molecule is CC(C)c1cccc(NS(=O)(=O)c2cc(CN)sc2Br)c1. The van der Waals surface area contributed by atoms with Gasteiger partial charge in [0.1, 0.15) is 4.90 Å². The topological polar surface area (TPSA) is 72.2 Å². The van der Waals surface area contributed by atoms with E-state index in [0.717, 1.165) is 10.4 Å². The molecule has 1 heterocycles. The Balaban J connectivity index is 2.33. The Bertz CT molecular complexity index is 739. The molecule has 114 valence electrons. The number of nitrogens with one attached hydrogen (secondary N) is 1. The molecule has 0 saturated heterocycles. The van der Waals surface area contributed by atoms with Crippen molar-refractivity contribution in [2.45, 2.75) is 31.2 Å². The standard InChI is InChI=1S/C14H17BrN2O2S2/c1-9(2)10-4-3-5-11(6-10)17-21(18,19)13-7-12(8-16)20-14(13)15/h3-7,9,17H,8,16H2,1-2H3. The molecule has 0 aliphatic rings. The summed E-state index contributed by atoms with van der Waals surface area (Å²) in [4.78, 5) is 1.04. The molecule has 2 aromatic rings. The number of rotatable bonds is 5. The fraction of sp³-hybridized carbons (Fsp3) is 0.286. The molecule has 0 unspecified atom stereocenters. The molecule has 0 atom stereocenters. The number of halogens is 1. The highest BCUT2D eigenvalue weighted by Gasteiger charge is 2.21. The van der Waals surface area contributed by atoms with Gasteiger partial charge in [-0.3, -0.25) is 4.72 Å². The minimum atomic E-state index is -3.62. The summed E-state index contributed by atoms with van der Waals surface area (Å²) in [5.74, 6) is 0.339. The summed E-state index contributed by atoms with van der Waals surface area (Å²) in [6.45, 7) is 4.45. The molecule has 0 spiro atoms. The molecule has 0 bridgehead atoms. The van der Waals surface area contributed by atoms with E-state index in [1.54, 1.807) is 12.1 Å². The van der Waals surface area contributed by atoms with Crippen LogP contribution in [0.4, 0.5) is 5.69 Å². The van der Waals surface area contributed by atoms with Crippen LogP contribution in [0.15, 0.2) is 39.0 Å². The average molecular weight is 389 g/mol. The fourth-order valence-corrected chi connectivity index (χ4v) is 5.46. The van der Waals surface area contributed by atoms with E-state index in [-0.39, 0.29) is 4.90 Å². The summed E-state index contributed by atoms with van der Waals surface area (Å²) in [7, 11) is -3.62. The van der Waals surface area contributed by atoms with Gasteiger partial charge in [-0.15, -0.1) is 11.3 Å². The van der Waals surface area contributed by atoms with Crippen LogP contribution in [0.1, 0.15) is 30.2 Å². The first-order valence-corrected chi connectivity index (χ1v) is 9.54. The Morgan fingerprint density at radius 3 is 2.62 bits per heavy atom. The number of thiophene rings is 1. The van der Waals surface area contributed by atoms with Crippen molar-refractivity contribution < 1.29 is 8.42 Å². The zero-order chi connectivity index (χ0) is 15.6. The van der Waals surface area contributed by atoms with Crippen LogP contribution >= 0.6 is 27.3 Å². The second kappa shape index (κ2) is 6.48. The fourth-order valence-electron chi connectivity index (χ4n) is 1.85. The number of hydrogen-bond acceptors (Lipinski definition) is 4. The Hall–Kier alpha value is -0.890. The van der Waals surface area contributed by atoms with Gasteiger partial charge >= 0.3 is 0 Å². The Morgan fingerprint density at radius 2 is 2.05 bits per heavy atom. The van der Waals surface area contributed by atoms with Gasteiger partial charge in [0, 0.05) is 17.1 Å². The summed E-state index contributed by atoms with van der Waals surface area (Å²) < 4.78 is 28.1. The molecule has 3 N–H and O–H groups in total. The molecule has 0 radical (unpaired) electrons. The quantitative estimate of drug-likeness (QED) is 0.815. The molecule has 0 aliphatic carbocycles. The van der Waals surface area contributed by atoms with Crippen LogP contribution in [0.2, 0.25) is 0 Å². The number of nitrogens with two attached hydrogens (primary N) is 1. The van der Waals surface area contributed by atoms with Crippen molar-refractivity contribution in [2.75, 3.05) is 4.72 Å². The van der Waals surface area contributed by atoms with Gasteiger partial charge in [-0.05, 0) is 45.6 Å². The highest BCUT2D eigenvalue weighted by Crippen LogP contribution is 2.32. The van der Waals surface area contributed by atoms with E-state index in [0.29, 0.717) is 21.9 Å². The maximum absolute atomic E-state index is 12.5. The second-order valence-electron chi connectivity index (χ2n) is 4.94. The first-order valence-electron chi connectivity index (χ1n) is 6.44. The summed E-state index contributed by atoms with van der Waals surface area (Å²) in [6, 6.07) is 9.03. The molecular weight excluding hydrogens is 372 g/mol. The minimum Gasteiger partial charge on any atom is -0.326 e. The van der Waals surface area contributed by atoms with Gasteiger partial charge in [-0.2, -0.15) is 0 Å². The van der Waals surface area contributed by atoms with Crippen molar-refractivity contribution in [3.63, 3.8) is 0 Å². The molecule has 1 aromatic carbocycles. The number of benzene rings is 1. The van der Waals surface area contributed by atoms with Crippen LogP contribution in [-0.2, 0) is 16.6 Å². The lowest BCUT2D eigenvalue weighted by atomic mass is 10.0. The molecule has 0 saturated carbocycles. The van der Waals surface area contributed by atoms with Crippen LogP contribution in [0.5, 0.6) is 0 Å². The smallest absolute Gasteiger partial charge is 0.263 e. The monoisotopic (exact) mass is 388 g/mol. The number of hydrogen-bond donors (Lipinski definition) is 2. The van der Waals surface area contributed by atoms with Crippen LogP contribution in [0, 0.1) is 0 Å². The zero-order valence-electron chi connectivity index (χ0n) is 11.8. The van der Waals surface area contributed by atoms with Gasteiger partial charge in [-0.1, -0.05) is 26.0 Å². The van der Waals surface area contributed by atoms with Crippen molar-refractivity contribution in [2.24, 2.45) is 5.73 Å². The Morgan fingerprint density at radius 1 is 1.33 bits per heavy atom. The van der Waals surface area contributed by atoms with Crippen molar-refractivity contribution in [3.8, 4) is 0 Å². The minimum absolute atomic E-state index is 0.225. The lowest BCUT2D eigenvalue weighted by molar-refractivity contribution is 0.601. The van der Waals surface area contributed by atoms with Crippen molar-refractivity contribution >= 4 is 43.0 Å². The van der Waals surface area contributed by atoms with Crippen molar-refractivity contribution in [3.05, 3.63) is 44.6 Å². The van der Waals surface area contributed by atoms with E-state index in [4.69, 9.17) is 5.73 Å². The van der Waals surface area contributed by atoms with Crippen LogP contribution in [0.3, 0.4) is 0 Å². The first-order chi connectivity index (χ1) is 9.83. The normalized spacial score (nSPS) is 11.9. The summed E-state index contributed by atoms with van der Waals surface area (Å²) in [5.41, 5.74) is 7.20. The largest absolute Gasteiger partial charge is 0.326 e. The lowest BCUT2D eigenvalue weighted by Crippen LogP contribution is -2.13. The maximum atomic E-state index is 12.5. The summed E-state index contributed by atoms with van der Waals surface area (Å²) >= 11 is 4.62. The van der Waals surface area contributed by atoms with Gasteiger partial charge < -0.3 is 5.73 Å². The first kappa shape index (κ1) is 16.5. The van der Waals surface area contributed by atoms with E-state index in [1.165, 1.54) is 11.3 Å². The molecule has 4 nitrogen and oxygen atoms in total. The number of anilines is 1. The average Bonchev–Trinajstić information content (AvgIpc) is 2.80. The maximum Gasteiger partial charge on any atom is 0.263 e. The van der Waals surface area contributed by atoms with E-state index < -0.39 is 10.0 Å². The highest BCUT2D eigenvalue weighted by molar-refractivity contribution is 9.11. The van der Waals surface area contributed by atoms with Gasteiger partial charge in [0.15, 0.2) is 0 Å². The third-order valence-corrected chi connectivity index (χ3v) is 6.66. The van der Waals surface area contributed by atoms with Gasteiger partial charge in [0.2, 0.25) is 0 Å². The predicted molar refractivity (Wildman–Crippen MR) is 91.2 cm³/mol. The molecule has 0 fully saturated rings. The summed E-state index contributed by atoms with van der Waals surface area (Å²) in [6.07, 6.45) is 0. The molecule has 0 amide bonds. The van der Waals surface area contributed by atoms with E-state index in [2.05, 4.69) is 34.5 Å². The van der Waals surface area contributed by atoms with Gasteiger partial charge in [-0.25, -0.2) is 8.42 Å². The van der Waals surface area contributed by atoms with Gasteiger partial charge in [0.05, 0.1) is 3.79 Å². The van der Waals surface area contributed by atoms with Crippen molar-refractivity contribution in [1.82, 2.24) is 0 Å². The number of sulfonamides is 1. The zero-order valence-corrected chi connectivity index (χ0v) is 15.0. The van der Waals surface area contributed by atoms with E-state index in [1.807, 2.05) is 18.2 Å². The van der Waals surface area contributed by atoms with Gasteiger partial charge in [0.25, 0.3) is 10.0 Å². The lowest BCUT2D eigenvalue weighted by Gasteiger charge is -2.10. The highest BCUT2D eigenvalue weighted by atomic mass is 79.9. The van der Waals surface area contributed by atoms with E-state index >= 15 is 0 Å². The second-order valence-corrected chi connectivity index (χ2v) is 9.05. The van der Waals surface area contributed by atoms with E-state index in [9.17, 15) is 8.42 Å².